The van der Waals surface area contributed by atoms with Crippen LogP contribution in [0.3, 0.4) is 0 Å². The summed E-state index contributed by atoms with van der Waals surface area (Å²) in [5.74, 6) is 0.167. The minimum Gasteiger partial charge on any atom is -0.474 e. The molecule has 0 aliphatic carbocycles. The predicted octanol–water partition coefficient (Wildman–Crippen LogP) is 4.68. The molecule has 0 N–H and O–H groups in total. The summed E-state index contributed by atoms with van der Waals surface area (Å²) in [5, 5.41) is 9.92. The Labute approximate surface area is 202 Å². The maximum absolute atomic E-state index is 13.1. The maximum Gasteiger partial charge on any atom is 0.274 e. The Balaban J connectivity index is 1.60. The van der Waals surface area contributed by atoms with Gasteiger partial charge in [0.05, 0.1) is 27.5 Å². The van der Waals surface area contributed by atoms with Crippen LogP contribution in [0.4, 0.5) is 0 Å². The van der Waals surface area contributed by atoms with E-state index in [2.05, 4.69) is 15.0 Å². The fourth-order valence-corrected chi connectivity index (χ4v) is 4.33. The first-order valence-corrected chi connectivity index (χ1v) is 11.2. The number of aromatic nitrogens is 3. The first-order chi connectivity index (χ1) is 15.9. The monoisotopic (exact) mass is 481 g/mol. The summed E-state index contributed by atoms with van der Waals surface area (Å²) in [6.07, 6.45) is 4.28. The summed E-state index contributed by atoms with van der Waals surface area (Å²) < 4.78 is 6.11. The van der Waals surface area contributed by atoms with Crippen molar-refractivity contribution in [1.82, 2.24) is 19.9 Å². The van der Waals surface area contributed by atoms with Crippen LogP contribution in [0, 0.1) is 24.2 Å². The van der Waals surface area contributed by atoms with Gasteiger partial charge in [-0.3, -0.25) is 9.78 Å². The lowest BCUT2D eigenvalue weighted by Gasteiger charge is -2.25. The summed E-state index contributed by atoms with van der Waals surface area (Å²) in [7, 11) is 0. The molecule has 3 aromatic rings. The van der Waals surface area contributed by atoms with Gasteiger partial charge >= 0.3 is 0 Å². The number of aryl methyl sites for hydroxylation is 1. The molecule has 168 valence electrons. The summed E-state index contributed by atoms with van der Waals surface area (Å²) >= 11 is 12.4. The lowest BCUT2D eigenvalue weighted by atomic mass is 9.86. The largest absolute Gasteiger partial charge is 0.474 e. The van der Waals surface area contributed by atoms with Crippen molar-refractivity contribution in [1.29, 1.82) is 5.26 Å². The Morgan fingerprint density at radius 3 is 2.58 bits per heavy atom. The van der Waals surface area contributed by atoms with Gasteiger partial charge in [0.2, 0.25) is 5.88 Å². The van der Waals surface area contributed by atoms with Crippen molar-refractivity contribution in [3.63, 3.8) is 0 Å². The number of rotatable bonds is 5. The molecular formula is C24H21Cl2N5O2. The standard InChI is InChI=1S/C24H21Cl2N5O2/c1-14-9-29-22(11-28-14)24(32)31-12-18(15(2)33-23-6-3-16(8-27)10-30-23)19(13-31)17-4-5-20(25)21(26)7-17/h3-7,9-11,15,18-19H,12-13H2,1-2H3/t15-,18?,19+/m0/s1. The topological polar surface area (TPSA) is 92.0 Å². The number of halogens is 2. The van der Waals surface area contributed by atoms with Crippen LogP contribution in [0.1, 0.15) is 40.2 Å². The molecule has 0 saturated carbocycles. The van der Waals surface area contributed by atoms with Crippen molar-refractivity contribution in [2.45, 2.75) is 25.9 Å². The fourth-order valence-electron chi connectivity index (χ4n) is 4.03. The average molecular weight is 482 g/mol. The van der Waals surface area contributed by atoms with Gasteiger partial charge in [0.25, 0.3) is 5.91 Å². The molecule has 0 radical (unpaired) electrons. The third-order valence-electron chi connectivity index (χ3n) is 5.80. The lowest BCUT2D eigenvalue weighted by Crippen LogP contribution is -2.32. The van der Waals surface area contributed by atoms with Gasteiger partial charge < -0.3 is 9.64 Å². The van der Waals surface area contributed by atoms with E-state index in [0.29, 0.717) is 40.3 Å². The molecule has 1 amide bonds. The Bertz CT molecular complexity index is 1190. The summed E-state index contributed by atoms with van der Waals surface area (Å²) in [6, 6.07) is 10.9. The number of nitrogens with zero attached hydrogens (tertiary/aromatic N) is 5. The number of hydrogen-bond acceptors (Lipinski definition) is 6. The predicted molar refractivity (Wildman–Crippen MR) is 124 cm³/mol. The van der Waals surface area contributed by atoms with Crippen molar-refractivity contribution in [2.75, 3.05) is 13.1 Å². The van der Waals surface area contributed by atoms with E-state index in [-0.39, 0.29) is 23.8 Å². The zero-order valence-corrected chi connectivity index (χ0v) is 19.6. The number of pyridine rings is 1. The molecular weight excluding hydrogens is 461 g/mol. The molecule has 33 heavy (non-hydrogen) atoms. The fraction of sp³-hybridized carbons (Fsp3) is 0.292. The van der Waals surface area contributed by atoms with Gasteiger partial charge in [0.15, 0.2) is 0 Å². The molecule has 9 heteroatoms. The van der Waals surface area contributed by atoms with Crippen molar-refractivity contribution >= 4 is 29.1 Å². The molecule has 0 bridgehead atoms. The molecule has 4 rings (SSSR count). The van der Waals surface area contributed by atoms with Gasteiger partial charge in [-0.1, -0.05) is 29.3 Å². The number of benzene rings is 1. The van der Waals surface area contributed by atoms with Gasteiger partial charge in [-0.25, -0.2) is 9.97 Å². The molecule has 7 nitrogen and oxygen atoms in total. The Morgan fingerprint density at radius 1 is 1.12 bits per heavy atom. The van der Waals surface area contributed by atoms with E-state index in [1.807, 2.05) is 32.0 Å². The van der Waals surface area contributed by atoms with Crippen LogP contribution in [0.15, 0.2) is 48.9 Å². The number of hydrogen-bond donors (Lipinski definition) is 0. The van der Waals surface area contributed by atoms with E-state index in [4.69, 9.17) is 33.2 Å². The highest BCUT2D eigenvalue weighted by molar-refractivity contribution is 6.42. The van der Waals surface area contributed by atoms with Crippen molar-refractivity contribution in [3.05, 3.63) is 81.5 Å². The average Bonchev–Trinajstić information content (AvgIpc) is 3.27. The highest BCUT2D eigenvalue weighted by Crippen LogP contribution is 2.38. The number of carbonyl (C=O) groups excluding carboxylic acids is 1. The molecule has 3 atom stereocenters. The molecule has 1 fully saturated rings. The Hall–Kier alpha value is -3.21. The summed E-state index contributed by atoms with van der Waals surface area (Å²) in [4.78, 5) is 27.6. The molecule has 0 spiro atoms. The highest BCUT2D eigenvalue weighted by Gasteiger charge is 2.41. The third kappa shape index (κ3) is 5.08. The van der Waals surface area contributed by atoms with E-state index in [1.54, 1.807) is 29.3 Å². The molecule has 1 saturated heterocycles. The smallest absolute Gasteiger partial charge is 0.274 e. The van der Waals surface area contributed by atoms with Crippen LogP contribution < -0.4 is 4.74 Å². The number of likely N-dealkylation sites (tertiary alicyclic amines) is 1. The Morgan fingerprint density at radius 2 is 1.94 bits per heavy atom. The first kappa shape index (κ1) is 23.0. The summed E-state index contributed by atoms with van der Waals surface area (Å²) in [5.41, 5.74) is 2.48. The van der Waals surface area contributed by atoms with Crippen LogP contribution >= 0.6 is 23.2 Å². The van der Waals surface area contributed by atoms with Gasteiger partial charge in [-0.15, -0.1) is 0 Å². The lowest BCUT2D eigenvalue weighted by molar-refractivity contribution is 0.0763. The Kier molecular flexibility index (Phi) is 6.77. The molecule has 1 aromatic carbocycles. The second-order valence-corrected chi connectivity index (χ2v) is 8.83. The molecule has 3 heterocycles. The second-order valence-electron chi connectivity index (χ2n) is 8.02. The minimum atomic E-state index is -0.271. The maximum atomic E-state index is 13.1. The molecule has 1 aliphatic heterocycles. The van der Waals surface area contributed by atoms with E-state index in [9.17, 15) is 4.79 Å². The van der Waals surface area contributed by atoms with Crippen LogP contribution in [0.2, 0.25) is 10.0 Å². The number of ether oxygens (including phenoxy) is 1. The van der Waals surface area contributed by atoms with Crippen LogP contribution in [0.25, 0.3) is 0 Å². The van der Waals surface area contributed by atoms with Gasteiger partial charge in [-0.05, 0) is 37.6 Å². The highest BCUT2D eigenvalue weighted by atomic mass is 35.5. The SMILES string of the molecule is Cc1cnc(C(=O)N2CC([C@H](C)Oc3ccc(C#N)cn3)[C@@H](c3ccc(Cl)c(Cl)c3)C2)cn1. The summed E-state index contributed by atoms with van der Waals surface area (Å²) in [6.45, 7) is 4.72. The van der Waals surface area contributed by atoms with Crippen LogP contribution in [-0.4, -0.2) is 45.0 Å². The number of nitriles is 1. The molecule has 2 aromatic heterocycles. The number of carbonyl (C=O) groups is 1. The quantitative estimate of drug-likeness (QED) is 0.525. The first-order valence-electron chi connectivity index (χ1n) is 10.4. The van der Waals surface area contributed by atoms with Crippen molar-refractivity contribution in [2.24, 2.45) is 5.92 Å². The van der Waals surface area contributed by atoms with E-state index in [1.165, 1.54) is 12.4 Å². The van der Waals surface area contributed by atoms with Crippen LogP contribution in [-0.2, 0) is 0 Å². The van der Waals surface area contributed by atoms with Gasteiger partial charge in [0.1, 0.15) is 17.9 Å². The minimum absolute atomic E-state index is 0.0319. The third-order valence-corrected chi connectivity index (χ3v) is 6.54. The van der Waals surface area contributed by atoms with Gasteiger partial charge in [-0.2, -0.15) is 5.26 Å². The zero-order chi connectivity index (χ0) is 23.5. The van der Waals surface area contributed by atoms with Crippen molar-refractivity contribution in [3.8, 4) is 11.9 Å². The van der Waals surface area contributed by atoms with Gasteiger partial charge in [0, 0.05) is 43.4 Å². The van der Waals surface area contributed by atoms with E-state index < -0.39 is 0 Å². The zero-order valence-electron chi connectivity index (χ0n) is 18.1. The number of amides is 1. The van der Waals surface area contributed by atoms with Crippen molar-refractivity contribution < 1.29 is 9.53 Å². The van der Waals surface area contributed by atoms with Crippen LogP contribution in [0.5, 0.6) is 5.88 Å². The van der Waals surface area contributed by atoms with E-state index >= 15 is 0 Å². The second kappa shape index (κ2) is 9.74. The normalized spacial score (nSPS) is 18.6. The van der Waals surface area contributed by atoms with E-state index in [0.717, 1.165) is 11.3 Å². The molecule has 1 aliphatic rings. The molecule has 1 unspecified atom stereocenters.